The first kappa shape index (κ1) is 18.9. The molecule has 0 saturated heterocycles. The van der Waals surface area contributed by atoms with Gasteiger partial charge in [0.25, 0.3) is 0 Å². The van der Waals surface area contributed by atoms with Gasteiger partial charge in [-0.05, 0) is 31.2 Å². The third-order valence-electron chi connectivity index (χ3n) is 4.00. The molecule has 0 saturated carbocycles. The van der Waals surface area contributed by atoms with Crippen LogP contribution in [0.4, 0.5) is 5.69 Å². The van der Waals surface area contributed by atoms with E-state index in [2.05, 4.69) is 10.0 Å². The predicted molar refractivity (Wildman–Crippen MR) is 102 cm³/mol. The predicted octanol–water partition coefficient (Wildman–Crippen LogP) is 3.44. The highest BCUT2D eigenvalue weighted by atomic mass is 32.2. The molecule has 0 radical (unpaired) electrons. The lowest BCUT2D eigenvalue weighted by Gasteiger charge is -2.14. The van der Waals surface area contributed by atoms with E-state index in [1.807, 2.05) is 30.3 Å². The fraction of sp³-hybridized carbons (Fsp3) is 0.211. The summed E-state index contributed by atoms with van der Waals surface area (Å²) in [5, 5.41) is 3.49. The highest BCUT2D eigenvalue weighted by Crippen LogP contribution is 2.29. The lowest BCUT2D eigenvalue weighted by atomic mass is 10.2. The molecule has 2 aromatic carbocycles. The summed E-state index contributed by atoms with van der Waals surface area (Å²) in [6.45, 7) is 3.07. The minimum absolute atomic E-state index is 0.0245. The van der Waals surface area contributed by atoms with Crippen LogP contribution in [0.25, 0.3) is 11.0 Å². The number of furan rings is 1. The summed E-state index contributed by atoms with van der Waals surface area (Å²) in [7, 11) is -2.42. The molecule has 0 aliphatic heterocycles. The third-order valence-corrected chi connectivity index (χ3v) is 5.54. The first-order valence-corrected chi connectivity index (χ1v) is 9.75. The quantitative estimate of drug-likeness (QED) is 0.674. The van der Waals surface area contributed by atoms with Crippen LogP contribution in [0.15, 0.2) is 57.8 Å². The Labute approximate surface area is 157 Å². The van der Waals surface area contributed by atoms with E-state index < -0.39 is 16.1 Å². The third kappa shape index (κ3) is 4.12. The minimum Gasteiger partial charge on any atom is -0.495 e. The molecule has 1 amide bonds. The summed E-state index contributed by atoms with van der Waals surface area (Å²) in [4.78, 5) is 11.3. The summed E-state index contributed by atoms with van der Waals surface area (Å²) >= 11 is 0. The van der Waals surface area contributed by atoms with E-state index in [-0.39, 0.29) is 16.6 Å². The standard InChI is InChI=1S/C19H20N2O5S/c1-12(18-10-14-6-4-5-7-17(14)26-18)21-27(23,24)15-8-9-16(20-13(2)22)19(11-15)25-3/h4-12,21H,1-3H3,(H,20,22)/t12-/m1/s1. The van der Waals surface area contributed by atoms with Crippen molar-refractivity contribution in [2.24, 2.45) is 0 Å². The van der Waals surface area contributed by atoms with Gasteiger partial charge in [-0.2, -0.15) is 0 Å². The van der Waals surface area contributed by atoms with Crippen LogP contribution in [0.2, 0.25) is 0 Å². The van der Waals surface area contributed by atoms with Crippen LogP contribution in [0.1, 0.15) is 25.6 Å². The number of hydrogen-bond donors (Lipinski definition) is 2. The van der Waals surface area contributed by atoms with Crippen molar-refractivity contribution in [1.29, 1.82) is 0 Å². The van der Waals surface area contributed by atoms with Crippen molar-refractivity contribution < 1.29 is 22.4 Å². The van der Waals surface area contributed by atoms with Crippen molar-refractivity contribution in [3.8, 4) is 5.75 Å². The SMILES string of the molecule is COc1cc(S(=O)(=O)N[C@H](C)c2cc3ccccc3o2)ccc1NC(C)=O. The fourth-order valence-electron chi connectivity index (χ4n) is 2.71. The number of methoxy groups -OCH3 is 1. The van der Waals surface area contributed by atoms with Crippen LogP contribution in [0.3, 0.4) is 0 Å². The molecule has 2 N–H and O–H groups in total. The summed E-state index contributed by atoms with van der Waals surface area (Å²) in [6.07, 6.45) is 0. The van der Waals surface area contributed by atoms with Crippen molar-refractivity contribution in [1.82, 2.24) is 4.72 Å². The number of nitrogens with one attached hydrogen (secondary N) is 2. The molecule has 3 aromatic rings. The summed E-state index contributed by atoms with van der Waals surface area (Å²) in [6, 6.07) is 13.0. The van der Waals surface area contributed by atoms with Gasteiger partial charge in [0.15, 0.2) is 0 Å². The Morgan fingerprint density at radius 1 is 1.15 bits per heavy atom. The van der Waals surface area contributed by atoms with Gasteiger partial charge in [0.2, 0.25) is 15.9 Å². The van der Waals surface area contributed by atoms with Crippen LogP contribution >= 0.6 is 0 Å². The maximum absolute atomic E-state index is 12.7. The topological polar surface area (TPSA) is 97.6 Å². The Bertz CT molecular complexity index is 1060. The molecule has 1 aromatic heterocycles. The van der Waals surface area contributed by atoms with Gasteiger partial charge in [0.1, 0.15) is 17.1 Å². The Morgan fingerprint density at radius 3 is 2.56 bits per heavy atom. The molecule has 142 valence electrons. The minimum atomic E-state index is -3.83. The molecule has 1 heterocycles. The summed E-state index contributed by atoms with van der Waals surface area (Å²) in [5.74, 6) is 0.492. The second-order valence-corrected chi connectivity index (χ2v) is 7.79. The highest BCUT2D eigenvalue weighted by molar-refractivity contribution is 7.89. The number of rotatable bonds is 6. The Morgan fingerprint density at radius 2 is 1.89 bits per heavy atom. The lowest BCUT2D eigenvalue weighted by Crippen LogP contribution is -2.26. The number of hydrogen-bond acceptors (Lipinski definition) is 5. The van der Waals surface area contributed by atoms with E-state index in [0.717, 1.165) is 5.39 Å². The van der Waals surface area contributed by atoms with E-state index in [4.69, 9.17) is 9.15 Å². The van der Waals surface area contributed by atoms with Crippen LogP contribution in [0.5, 0.6) is 5.75 Å². The zero-order valence-corrected chi connectivity index (χ0v) is 16.0. The van der Waals surface area contributed by atoms with E-state index in [1.54, 1.807) is 6.92 Å². The normalized spacial score (nSPS) is 12.7. The maximum Gasteiger partial charge on any atom is 0.241 e. The summed E-state index contributed by atoms with van der Waals surface area (Å²) in [5.41, 5.74) is 1.09. The number of fused-ring (bicyclic) bond motifs is 1. The number of carbonyl (C=O) groups is 1. The molecule has 1 atom stereocenters. The number of benzene rings is 2. The van der Waals surface area contributed by atoms with Crippen molar-refractivity contribution in [3.63, 3.8) is 0 Å². The van der Waals surface area contributed by atoms with Gasteiger partial charge in [0, 0.05) is 18.4 Å². The van der Waals surface area contributed by atoms with Crippen LogP contribution in [0, 0.1) is 0 Å². The van der Waals surface area contributed by atoms with Crippen LogP contribution in [-0.4, -0.2) is 21.4 Å². The van der Waals surface area contributed by atoms with Gasteiger partial charge in [-0.25, -0.2) is 13.1 Å². The smallest absolute Gasteiger partial charge is 0.241 e. The molecule has 0 spiro atoms. The Hall–Kier alpha value is -2.84. The Balaban J connectivity index is 1.86. The van der Waals surface area contributed by atoms with Crippen molar-refractivity contribution >= 4 is 32.6 Å². The monoisotopic (exact) mass is 388 g/mol. The molecule has 0 unspecified atom stereocenters. The van der Waals surface area contributed by atoms with Gasteiger partial charge >= 0.3 is 0 Å². The van der Waals surface area contributed by atoms with Gasteiger partial charge in [0.05, 0.1) is 23.7 Å². The molecular formula is C19H20N2O5S. The number of sulfonamides is 1. The van der Waals surface area contributed by atoms with Gasteiger partial charge in [-0.15, -0.1) is 0 Å². The van der Waals surface area contributed by atoms with Gasteiger partial charge in [-0.3, -0.25) is 4.79 Å². The second-order valence-electron chi connectivity index (χ2n) is 6.07. The van der Waals surface area contributed by atoms with E-state index in [9.17, 15) is 13.2 Å². The molecule has 0 fully saturated rings. The number of amides is 1. The number of anilines is 1. The number of para-hydroxylation sites is 1. The molecule has 27 heavy (non-hydrogen) atoms. The van der Waals surface area contributed by atoms with E-state index >= 15 is 0 Å². The van der Waals surface area contributed by atoms with E-state index in [1.165, 1.54) is 32.2 Å². The van der Waals surface area contributed by atoms with Gasteiger partial charge < -0.3 is 14.5 Å². The average molecular weight is 388 g/mol. The Kier molecular flexibility index (Phi) is 5.20. The average Bonchev–Trinajstić information content (AvgIpc) is 3.05. The highest BCUT2D eigenvalue weighted by Gasteiger charge is 2.22. The van der Waals surface area contributed by atoms with E-state index in [0.29, 0.717) is 17.0 Å². The maximum atomic E-state index is 12.7. The molecule has 3 rings (SSSR count). The zero-order chi connectivity index (χ0) is 19.6. The summed E-state index contributed by atoms with van der Waals surface area (Å²) < 4.78 is 39.0. The first-order chi connectivity index (χ1) is 12.8. The first-order valence-electron chi connectivity index (χ1n) is 8.26. The van der Waals surface area contributed by atoms with Crippen molar-refractivity contribution in [3.05, 3.63) is 54.3 Å². The molecule has 0 bridgehead atoms. The fourth-order valence-corrected chi connectivity index (χ4v) is 3.93. The number of ether oxygens (including phenoxy) is 1. The van der Waals surface area contributed by atoms with Crippen LogP contribution < -0.4 is 14.8 Å². The number of carbonyl (C=O) groups excluding carboxylic acids is 1. The van der Waals surface area contributed by atoms with Crippen LogP contribution in [-0.2, 0) is 14.8 Å². The van der Waals surface area contributed by atoms with Crippen molar-refractivity contribution in [2.45, 2.75) is 24.8 Å². The van der Waals surface area contributed by atoms with Crippen molar-refractivity contribution in [2.75, 3.05) is 12.4 Å². The molecular weight excluding hydrogens is 368 g/mol. The largest absolute Gasteiger partial charge is 0.495 e. The van der Waals surface area contributed by atoms with Gasteiger partial charge in [-0.1, -0.05) is 18.2 Å². The molecule has 7 nitrogen and oxygen atoms in total. The molecule has 0 aliphatic rings. The molecule has 8 heteroatoms. The lowest BCUT2D eigenvalue weighted by molar-refractivity contribution is -0.114. The zero-order valence-electron chi connectivity index (χ0n) is 15.1. The second kappa shape index (κ2) is 7.42. The molecule has 0 aliphatic carbocycles.